The average molecular weight is 257 g/mol. The van der Waals surface area contributed by atoms with Crippen LogP contribution in [-0.4, -0.2) is 22.0 Å². The van der Waals surface area contributed by atoms with E-state index in [1.165, 1.54) is 36.4 Å². The Morgan fingerprint density at radius 3 is 2.16 bits per heavy atom. The van der Waals surface area contributed by atoms with Crippen LogP contribution in [0.2, 0.25) is 0 Å². The molecule has 0 fully saturated rings. The minimum Gasteiger partial charge on any atom is -0.872 e. The van der Waals surface area contributed by atoms with Crippen molar-refractivity contribution in [2.24, 2.45) is 0 Å². The van der Waals surface area contributed by atoms with Crippen LogP contribution in [-0.2, 0) is 0 Å². The Labute approximate surface area is 108 Å². The highest BCUT2D eigenvalue weighted by Crippen LogP contribution is 2.24. The topological polar surface area (TPSA) is 97.7 Å². The van der Waals surface area contributed by atoms with Gasteiger partial charge in [0.25, 0.3) is 0 Å². The average Bonchev–Trinajstić information content (AvgIpc) is 2.38. The van der Waals surface area contributed by atoms with E-state index in [-0.39, 0.29) is 22.4 Å². The molecule has 96 valence electrons. The number of ketones is 1. The molecule has 19 heavy (non-hydrogen) atoms. The second kappa shape index (κ2) is 4.81. The maximum Gasteiger partial charge on any atom is 0.336 e. The van der Waals surface area contributed by atoms with Gasteiger partial charge in [-0.25, -0.2) is 4.79 Å². The first-order valence-electron chi connectivity index (χ1n) is 5.37. The summed E-state index contributed by atoms with van der Waals surface area (Å²) in [6.07, 6.45) is 0. The molecule has 2 rings (SSSR count). The Bertz CT molecular complexity index is 661. The minimum atomic E-state index is -1.24. The number of carbonyl (C=O) groups excluding carboxylic acids is 1. The number of hydrogen-bond acceptors (Lipinski definition) is 4. The standard InChI is InChI=1S/C14H10O5/c15-8-5-6-11(12(16)7-8)13(17)9-3-1-2-4-10(9)14(18)19/h1-7,15-16H,(H,18,19)/p-1. The molecule has 0 aliphatic rings. The van der Waals surface area contributed by atoms with Crippen LogP contribution in [0.3, 0.4) is 0 Å². The van der Waals surface area contributed by atoms with E-state index in [1.54, 1.807) is 0 Å². The Balaban J connectivity index is 2.53. The molecule has 0 amide bonds. The monoisotopic (exact) mass is 257 g/mol. The van der Waals surface area contributed by atoms with Gasteiger partial charge in [0.2, 0.25) is 0 Å². The summed E-state index contributed by atoms with van der Waals surface area (Å²) >= 11 is 0. The number of carboxylic acids is 1. The van der Waals surface area contributed by atoms with E-state index in [2.05, 4.69) is 0 Å². The SMILES string of the molecule is O=C(O)c1ccccc1C(=O)c1ccc(O)cc1[O-]. The van der Waals surface area contributed by atoms with Crippen LogP contribution >= 0.6 is 0 Å². The van der Waals surface area contributed by atoms with Crippen molar-refractivity contribution in [2.75, 3.05) is 0 Å². The molecule has 0 saturated carbocycles. The van der Waals surface area contributed by atoms with Crippen molar-refractivity contribution in [1.29, 1.82) is 0 Å². The highest BCUT2D eigenvalue weighted by Gasteiger charge is 2.17. The van der Waals surface area contributed by atoms with Gasteiger partial charge in [-0.05, 0) is 24.3 Å². The molecule has 2 N–H and O–H groups in total. The third-order valence-electron chi connectivity index (χ3n) is 2.61. The van der Waals surface area contributed by atoms with Gasteiger partial charge in [-0.3, -0.25) is 4.79 Å². The summed E-state index contributed by atoms with van der Waals surface area (Å²) in [6.45, 7) is 0. The molecule has 0 bridgehead atoms. The molecule has 0 atom stereocenters. The Morgan fingerprint density at radius 2 is 1.58 bits per heavy atom. The Kier molecular flexibility index (Phi) is 3.20. The number of aromatic carboxylic acids is 1. The van der Waals surface area contributed by atoms with Gasteiger partial charge in [-0.2, -0.15) is 0 Å². The molecule has 0 heterocycles. The lowest BCUT2D eigenvalue weighted by Gasteiger charge is -2.13. The summed E-state index contributed by atoms with van der Waals surface area (Å²) in [5, 5.41) is 29.7. The zero-order valence-corrected chi connectivity index (χ0v) is 9.66. The van der Waals surface area contributed by atoms with Crippen LogP contribution in [0.5, 0.6) is 11.5 Å². The lowest BCUT2D eigenvalue weighted by Crippen LogP contribution is -2.11. The second-order valence-electron chi connectivity index (χ2n) is 3.86. The van der Waals surface area contributed by atoms with Crippen molar-refractivity contribution in [1.82, 2.24) is 0 Å². The fourth-order valence-electron chi connectivity index (χ4n) is 1.71. The molecule has 5 nitrogen and oxygen atoms in total. The van der Waals surface area contributed by atoms with E-state index in [4.69, 9.17) is 10.2 Å². The quantitative estimate of drug-likeness (QED) is 0.810. The number of rotatable bonds is 3. The summed E-state index contributed by atoms with van der Waals surface area (Å²) in [5.41, 5.74) is -0.399. The molecule has 0 saturated heterocycles. The van der Waals surface area contributed by atoms with E-state index in [0.29, 0.717) is 0 Å². The zero-order chi connectivity index (χ0) is 14.0. The van der Waals surface area contributed by atoms with Crippen molar-refractivity contribution < 1.29 is 24.9 Å². The molecule has 2 aromatic carbocycles. The van der Waals surface area contributed by atoms with Crippen LogP contribution in [0.1, 0.15) is 26.3 Å². The van der Waals surface area contributed by atoms with Crippen LogP contribution in [0.4, 0.5) is 0 Å². The first-order chi connectivity index (χ1) is 9.00. The van der Waals surface area contributed by atoms with Gasteiger partial charge in [-0.15, -0.1) is 0 Å². The first-order valence-corrected chi connectivity index (χ1v) is 5.37. The number of hydrogen-bond donors (Lipinski definition) is 2. The van der Waals surface area contributed by atoms with Crippen LogP contribution in [0.15, 0.2) is 42.5 Å². The number of aromatic hydroxyl groups is 1. The fourth-order valence-corrected chi connectivity index (χ4v) is 1.71. The predicted molar refractivity (Wildman–Crippen MR) is 64.4 cm³/mol. The molecule has 2 aromatic rings. The van der Waals surface area contributed by atoms with Crippen molar-refractivity contribution in [3.05, 3.63) is 59.2 Å². The number of carbonyl (C=O) groups is 2. The smallest absolute Gasteiger partial charge is 0.336 e. The summed E-state index contributed by atoms with van der Waals surface area (Å²) in [6, 6.07) is 8.95. The largest absolute Gasteiger partial charge is 0.872 e. The number of benzene rings is 2. The Hall–Kier alpha value is -2.82. The number of phenols is 1. The van der Waals surface area contributed by atoms with Gasteiger partial charge < -0.3 is 15.3 Å². The van der Waals surface area contributed by atoms with Gasteiger partial charge in [0, 0.05) is 11.1 Å². The van der Waals surface area contributed by atoms with E-state index in [0.717, 1.165) is 6.07 Å². The van der Waals surface area contributed by atoms with Crippen molar-refractivity contribution in [2.45, 2.75) is 0 Å². The highest BCUT2D eigenvalue weighted by molar-refractivity contribution is 6.15. The fraction of sp³-hybridized carbons (Fsp3) is 0. The summed E-state index contributed by atoms with van der Waals surface area (Å²) in [5.74, 6) is -2.81. The molecule has 0 spiro atoms. The minimum absolute atomic E-state index is 0.0576. The van der Waals surface area contributed by atoms with Crippen molar-refractivity contribution in [3.63, 3.8) is 0 Å². The highest BCUT2D eigenvalue weighted by atomic mass is 16.4. The van der Waals surface area contributed by atoms with E-state index in [9.17, 15) is 14.7 Å². The van der Waals surface area contributed by atoms with Gasteiger partial charge in [0.1, 0.15) is 5.75 Å². The van der Waals surface area contributed by atoms with Gasteiger partial charge in [0.05, 0.1) is 5.56 Å². The van der Waals surface area contributed by atoms with Crippen molar-refractivity contribution >= 4 is 11.8 Å². The number of carboxylic acid groups (broad SMARTS) is 1. The van der Waals surface area contributed by atoms with Gasteiger partial charge in [0.15, 0.2) is 5.78 Å². The molecular weight excluding hydrogens is 248 g/mol. The maximum absolute atomic E-state index is 12.2. The molecule has 0 aromatic heterocycles. The molecular formula is C14H9O5-. The van der Waals surface area contributed by atoms with Gasteiger partial charge in [-0.1, -0.05) is 23.9 Å². The Morgan fingerprint density at radius 1 is 0.947 bits per heavy atom. The summed E-state index contributed by atoms with van der Waals surface area (Å²) < 4.78 is 0. The molecule has 0 radical (unpaired) electrons. The van der Waals surface area contributed by atoms with E-state index >= 15 is 0 Å². The maximum atomic E-state index is 12.2. The third kappa shape index (κ3) is 2.40. The molecule has 5 heteroatoms. The lowest BCUT2D eigenvalue weighted by atomic mass is 9.98. The van der Waals surface area contributed by atoms with Gasteiger partial charge >= 0.3 is 5.97 Å². The summed E-state index contributed by atoms with van der Waals surface area (Å²) in [7, 11) is 0. The third-order valence-corrected chi connectivity index (χ3v) is 2.61. The van der Waals surface area contributed by atoms with Crippen LogP contribution in [0.25, 0.3) is 0 Å². The molecule has 0 aliphatic heterocycles. The normalized spacial score (nSPS) is 10.1. The second-order valence-corrected chi connectivity index (χ2v) is 3.86. The lowest BCUT2D eigenvalue weighted by molar-refractivity contribution is -0.268. The van der Waals surface area contributed by atoms with E-state index in [1.807, 2.05) is 0 Å². The van der Waals surface area contributed by atoms with Crippen LogP contribution < -0.4 is 5.11 Å². The predicted octanol–water partition coefficient (Wildman–Crippen LogP) is 1.39. The summed E-state index contributed by atoms with van der Waals surface area (Å²) in [4.78, 5) is 23.2. The first kappa shape index (κ1) is 12.6. The van der Waals surface area contributed by atoms with Crippen molar-refractivity contribution in [3.8, 4) is 11.5 Å². The number of phenolic OH excluding ortho intramolecular Hbond substituents is 1. The van der Waals surface area contributed by atoms with E-state index < -0.39 is 17.5 Å². The molecule has 0 unspecified atom stereocenters. The van der Waals surface area contributed by atoms with Crippen LogP contribution in [0, 0.1) is 0 Å². The molecule has 0 aliphatic carbocycles. The zero-order valence-electron chi connectivity index (χ0n) is 9.66.